The van der Waals surface area contributed by atoms with E-state index in [-0.39, 0.29) is 23.0 Å². The SMILES string of the molecule is COc1ccc(C(N)CN(C)C(C)C(C)(C)C)cc1F. The second kappa shape index (κ2) is 6.55. The Labute approximate surface area is 121 Å². The Bertz CT molecular complexity index is 443. The lowest BCUT2D eigenvalue weighted by Gasteiger charge is -2.36. The van der Waals surface area contributed by atoms with Crippen molar-refractivity contribution in [2.24, 2.45) is 11.1 Å². The van der Waals surface area contributed by atoms with Crippen LogP contribution in [0.2, 0.25) is 0 Å². The van der Waals surface area contributed by atoms with E-state index in [0.29, 0.717) is 12.6 Å². The van der Waals surface area contributed by atoms with Gasteiger partial charge in [0.25, 0.3) is 0 Å². The summed E-state index contributed by atoms with van der Waals surface area (Å²) in [5, 5.41) is 0. The predicted octanol–water partition coefficient (Wildman–Crippen LogP) is 3.20. The first-order valence-corrected chi connectivity index (χ1v) is 6.96. The lowest BCUT2D eigenvalue weighted by Crippen LogP contribution is -2.42. The van der Waals surface area contributed by atoms with Gasteiger partial charge in [-0.1, -0.05) is 26.8 Å². The topological polar surface area (TPSA) is 38.5 Å². The van der Waals surface area contributed by atoms with Gasteiger partial charge < -0.3 is 15.4 Å². The van der Waals surface area contributed by atoms with Crippen LogP contribution >= 0.6 is 0 Å². The molecule has 20 heavy (non-hydrogen) atoms. The lowest BCUT2D eigenvalue weighted by atomic mass is 9.87. The first kappa shape index (κ1) is 16.9. The molecule has 2 unspecified atom stereocenters. The van der Waals surface area contributed by atoms with Gasteiger partial charge in [-0.15, -0.1) is 0 Å². The van der Waals surface area contributed by atoms with E-state index in [1.807, 2.05) is 6.07 Å². The maximum absolute atomic E-state index is 13.7. The summed E-state index contributed by atoms with van der Waals surface area (Å²) in [6.07, 6.45) is 0. The molecule has 4 heteroatoms. The highest BCUT2D eigenvalue weighted by molar-refractivity contribution is 5.31. The number of ether oxygens (including phenoxy) is 1. The fourth-order valence-corrected chi connectivity index (χ4v) is 2.15. The van der Waals surface area contributed by atoms with Gasteiger partial charge in [0.05, 0.1) is 7.11 Å². The zero-order valence-corrected chi connectivity index (χ0v) is 13.4. The molecule has 0 aromatic heterocycles. The minimum Gasteiger partial charge on any atom is -0.494 e. The van der Waals surface area contributed by atoms with Crippen molar-refractivity contribution < 1.29 is 9.13 Å². The molecule has 2 N–H and O–H groups in total. The molecule has 0 fully saturated rings. The molecule has 0 aliphatic rings. The van der Waals surface area contributed by atoms with E-state index in [1.165, 1.54) is 13.2 Å². The fraction of sp³-hybridized carbons (Fsp3) is 0.625. The molecule has 2 atom stereocenters. The Morgan fingerprint density at radius 2 is 1.95 bits per heavy atom. The third-order valence-electron chi connectivity index (χ3n) is 4.00. The van der Waals surface area contributed by atoms with Crippen molar-refractivity contribution in [1.82, 2.24) is 4.90 Å². The second-order valence-electron chi connectivity index (χ2n) is 6.48. The molecule has 0 saturated carbocycles. The monoisotopic (exact) mass is 282 g/mol. The molecule has 1 rings (SSSR count). The Hall–Kier alpha value is -1.13. The van der Waals surface area contributed by atoms with E-state index in [1.54, 1.807) is 6.07 Å². The molecule has 0 bridgehead atoms. The highest BCUT2D eigenvalue weighted by Gasteiger charge is 2.25. The third kappa shape index (κ3) is 4.18. The van der Waals surface area contributed by atoms with Gasteiger partial charge in [0.1, 0.15) is 0 Å². The Balaban J connectivity index is 2.76. The van der Waals surface area contributed by atoms with Gasteiger partial charge in [0.2, 0.25) is 0 Å². The molecule has 0 amide bonds. The average Bonchev–Trinajstić information content (AvgIpc) is 2.36. The number of benzene rings is 1. The smallest absolute Gasteiger partial charge is 0.165 e. The van der Waals surface area contributed by atoms with Crippen LogP contribution in [0.3, 0.4) is 0 Å². The highest BCUT2D eigenvalue weighted by atomic mass is 19.1. The number of halogens is 1. The Morgan fingerprint density at radius 1 is 1.35 bits per heavy atom. The van der Waals surface area contributed by atoms with E-state index < -0.39 is 0 Å². The molecule has 1 aromatic carbocycles. The summed E-state index contributed by atoms with van der Waals surface area (Å²) < 4.78 is 18.6. The second-order valence-corrected chi connectivity index (χ2v) is 6.48. The quantitative estimate of drug-likeness (QED) is 0.901. The fourth-order valence-electron chi connectivity index (χ4n) is 2.15. The molecule has 0 aliphatic carbocycles. The first-order valence-electron chi connectivity index (χ1n) is 6.96. The maximum atomic E-state index is 13.7. The molecular weight excluding hydrogens is 255 g/mol. The Morgan fingerprint density at radius 3 is 2.40 bits per heavy atom. The van der Waals surface area contributed by atoms with Crippen molar-refractivity contribution in [2.45, 2.75) is 39.8 Å². The molecule has 0 radical (unpaired) electrons. The molecule has 0 saturated heterocycles. The van der Waals surface area contributed by atoms with Crippen molar-refractivity contribution in [3.05, 3.63) is 29.6 Å². The predicted molar refractivity (Wildman–Crippen MR) is 81.4 cm³/mol. The summed E-state index contributed by atoms with van der Waals surface area (Å²) >= 11 is 0. The highest BCUT2D eigenvalue weighted by Crippen LogP contribution is 2.25. The number of methoxy groups -OCH3 is 1. The van der Waals surface area contributed by atoms with Crippen LogP contribution in [0.4, 0.5) is 4.39 Å². The largest absolute Gasteiger partial charge is 0.494 e. The van der Waals surface area contributed by atoms with Crippen molar-refractivity contribution in [3.63, 3.8) is 0 Å². The number of likely N-dealkylation sites (N-methyl/N-ethyl adjacent to an activating group) is 1. The summed E-state index contributed by atoms with van der Waals surface area (Å²) in [6, 6.07) is 5.07. The van der Waals surface area contributed by atoms with Crippen molar-refractivity contribution >= 4 is 0 Å². The summed E-state index contributed by atoms with van der Waals surface area (Å²) in [4.78, 5) is 2.22. The van der Waals surface area contributed by atoms with Crippen molar-refractivity contribution in [1.29, 1.82) is 0 Å². The third-order valence-corrected chi connectivity index (χ3v) is 4.00. The zero-order chi connectivity index (χ0) is 15.5. The minimum absolute atomic E-state index is 0.180. The summed E-state index contributed by atoms with van der Waals surface area (Å²) in [6.45, 7) is 9.47. The summed E-state index contributed by atoms with van der Waals surface area (Å²) in [5.41, 5.74) is 7.16. The molecule has 0 aliphatic heterocycles. The van der Waals surface area contributed by atoms with Crippen molar-refractivity contribution in [3.8, 4) is 5.75 Å². The lowest BCUT2D eigenvalue weighted by molar-refractivity contribution is 0.134. The standard InChI is InChI=1S/C16H27FN2O/c1-11(16(2,3)4)19(5)10-14(18)12-7-8-15(20-6)13(17)9-12/h7-9,11,14H,10,18H2,1-6H3. The van der Waals surface area contributed by atoms with Crippen LogP contribution in [-0.2, 0) is 0 Å². The van der Waals surface area contributed by atoms with E-state index in [0.717, 1.165) is 5.56 Å². The number of hydrogen-bond donors (Lipinski definition) is 1. The minimum atomic E-state index is -0.369. The van der Waals surface area contributed by atoms with E-state index in [9.17, 15) is 4.39 Å². The Kier molecular flexibility index (Phi) is 5.54. The van der Waals surface area contributed by atoms with Crippen LogP contribution in [0.15, 0.2) is 18.2 Å². The average molecular weight is 282 g/mol. The van der Waals surface area contributed by atoms with Crippen LogP contribution in [0.1, 0.15) is 39.3 Å². The first-order chi connectivity index (χ1) is 9.16. The number of nitrogens with two attached hydrogens (primary N) is 1. The number of rotatable bonds is 5. The van der Waals surface area contributed by atoms with Crippen LogP contribution in [0.25, 0.3) is 0 Å². The molecule has 0 heterocycles. The molecular formula is C16H27FN2O. The van der Waals surface area contributed by atoms with Gasteiger partial charge in [-0.2, -0.15) is 0 Å². The number of hydrogen-bond acceptors (Lipinski definition) is 3. The van der Waals surface area contributed by atoms with Gasteiger partial charge in [-0.25, -0.2) is 4.39 Å². The van der Waals surface area contributed by atoms with Gasteiger partial charge in [0.15, 0.2) is 11.6 Å². The van der Waals surface area contributed by atoms with Crippen LogP contribution < -0.4 is 10.5 Å². The van der Waals surface area contributed by atoms with Crippen LogP contribution in [-0.4, -0.2) is 31.6 Å². The molecule has 0 spiro atoms. The van der Waals surface area contributed by atoms with E-state index in [4.69, 9.17) is 10.5 Å². The van der Waals surface area contributed by atoms with Crippen molar-refractivity contribution in [2.75, 3.05) is 20.7 Å². The van der Waals surface area contributed by atoms with Gasteiger partial charge in [-0.05, 0) is 37.1 Å². The number of nitrogens with zero attached hydrogens (tertiary/aromatic N) is 1. The summed E-state index contributed by atoms with van der Waals surface area (Å²) in [5.74, 6) is -0.121. The van der Waals surface area contributed by atoms with Gasteiger partial charge in [0, 0.05) is 18.6 Å². The van der Waals surface area contributed by atoms with Gasteiger partial charge >= 0.3 is 0 Å². The molecule has 114 valence electrons. The molecule has 3 nitrogen and oxygen atoms in total. The maximum Gasteiger partial charge on any atom is 0.165 e. The zero-order valence-electron chi connectivity index (χ0n) is 13.4. The van der Waals surface area contributed by atoms with Crippen LogP contribution in [0, 0.1) is 11.2 Å². The normalized spacial score (nSPS) is 15.2. The van der Waals surface area contributed by atoms with Crippen LogP contribution in [0.5, 0.6) is 5.75 Å². The van der Waals surface area contributed by atoms with E-state index in [2.05, 4.69) is 39.6 Å². The van der Waals surface area contributed by atoms with Gasteiger partial charge in [-0.3, -0.25) is 0 Å². The summed E-state index contributed by atoms with van der Waals surface area (Å²) in [7, 11) is 3.51. The van der Waals surface area contributed by atoms with E-state index >= 15 is 0 Å². The molecule has 1 aromatic rings.